The van der Waals surface area contributed by atoms with Crippen molar-refractivity contribution in [3.05, 3.63) is 29.8 Å². The molecule has 0 aliphatic heterocycles. The van der Waals surface area contributed by atoms with E-state index in [9.17, 15) is 0 Å². The molecular formula is C15H24N2O2. The van der Waals surface area contributed by atoms with Crippen molar-refractivity contribution < 1.29 is 9.57 Å². The summed E-state index contributed by atoms with van der Waals surface area (Å²) in [5, 5.41) is 11.8. The maximum atomic E-state index is 7.93. The highest BCUT2D eigenvalue weighted by Gasteiger charge is 2.05. The van der Waals surface area contributed by atoms with Crippen molar-refractivity contribution in [3.8, 4) is 5.75 Å². The minimum absolute atomic E-state index is 0.362. The monoisotopic (exact) mass is 264 g/mol. The summed E-state index contributed by atoms with van der Waals surface area (Å²) in [4.78, 5) is 4.92. The van der Waals surface area contributed by atoms with E-state index in [1.165, 1.54) is 0 Å². The lowest BCUT2D eigenvalue weighted by atomic mass is 10.1. The van der Waals surface area contributed by atoms with Crippen LogP contribution in [0.2, 0.25) is 0 Å². The van der Waals surface area contributed by atoms with E-state index in [1.807, 2.05) is 52.0 Å². The van der Waals surface area contributed by atoms with Crippen LogP contribution >= 0.6 is 0 Å². The number of hydrogen-bond donors (Lipinski definition) is 1. The van der Waals surface area contributed by atoms with Gasteiger partial charge in [0.1, 0.15) is 18.1 Å². The molecule has 106 valence electrons. The van der Waals surface area contributed by atoms with Crippen LogP contribution in [0.25, 0.3) is 0 Å². The summed E-state index contributed by atoms with van der Waals surface area (Å²) in [6.07, 6.45) is 0. The number of oxime groups is 1. The maximum absolute atomic E-state index is 7.93. The van der Waals surface area contributed by atoms with Crippen LogP contribution < -0.4 is 4.74 Å². The molecule has 4 nitrogen and oxygen atoms in total. The molecule has 1 aromatic carbocycles. The lowest BCUT2D eigenvalue weighted by molar-refractivity contribution is 0.159. The van der Waals surface area contributed by atoms with Gasteiger partial charge in [-0.05, 0) is 45.0 Å². The first-order chi connectivity index (χ1) is 9.19. The highest BCUT2D eigenvalue weighted by Crippen LogP contribution is 2.12. The van der Waals surface area contributed by atoms with Crippen LogP contribution in [0.3, 0.4) is 0 Å². The number of ether oxygens (including phenoxy) is 1. The summed E-state index contributed by atoms with van der Waals surface area (Å²) in [7, 11) is 0. The molecule has 0 amide bonds. The van der Waals surface area contributed by atoms with Gasteiger partial charge >= 0.3 is 0 Å². The molecule has 0 bridgehead atoms. The van der Waals surface area contributed by atoms with Gasteiger partial charge in [-0.1, -0.05) is 19.0 Å². The van der Waals surface area contributed by atoms with Crippen molar-refractivity contribution in [3.63, 3.8) is 0 Å². The van der Waals surface area contributed by atoms with Gasteiger partial charge in [-0.25, -0.2) is 0 Å². The average molecular weight is 264 g/mol. The predicted molar refractivity (Wildman–Crippen MR) is 80.5 cm³/mol. The Morgan fingerprint density at radius 3 is 2.16 bits per heavy atom. The lowest BCUT2D eigenvalue weighted by Gasteiger charge is -2.06. The molecule has 0 fully saturated rings. The van der Waals surface area contributed by atoms with E-state index < -0.39 is 0 Å². The molecule has 0 radical (unpaired) electrons. The topological polar surface area (TPSA) is 54.7 Å². The first-order valence-electron chi connectivity index (χ1n) is 6.67. The highest BCUT2D eigenvalue weighted by molar-refractivity contribution is 6.46. The van der Waals surface area contributed by atoms with Gasteiger partial charge < -0.3 is 9.57 Å². The number of hydrogen-bond acceptors (Lipinski definition) is 4. The van der Waals surface area contributed by atoms with Crippen molar-refractivity contribution in [2.24, 2.45) is 5.16 Å². The SMILES string of the molecule is CC.CCO/N=C(\C)C(=N)c1ccc(OCC)cc1. The Labute approximate surface area is 115 Å². The molecule has 1 aromatic rings. The summed E-state index contributed by atoms with van der Waals surface area (Å²) in [6, 6.07) is 7.39. The van der Waals surface area contributed by atoms with Crippen molar-refractivity contribution >= 4 is 11.4 Å². The lowest BCUT2D eigenvalue weighted by Crippen LogP contribution is -2.11. The van der Waals surface area contributed by atoms with E-state index in [0.29, 0.717) is 24.6 Å². The number of rotatable bonds is 6. The fourth-order valence-electron chi connectivity index (χ4n) is 1.30. The van der Waals surface area contributed by atoms with Crippen LogP contribution in [0.15, 0.2) is 29.4 Å². The van der Waals surface area contributed by atoms with E-state index in [2.05, 4.69) is 5.16 Å². The van der Waals surface area contributed by atoms with Gasteiger partial charge in [0.05, 0.1) is 12.3 Å². The fraction of sp³-hybridized carbons (Fsp3) is 0.467. The van der Waals surface area contributed by atoms with E-state index in [4.69, 9.17) is 15.0 Å². The molecular weight excluding hydrogens is 240 g/mol. The van der Waals surface area contributed by atoms with Crippen LogP contribution in [0, 0.1) is 5.41 Å². The molecule has 0 spiro atoms. The Balaban J connectivity index is 0.00000154. The third-order valence-corrected chi connectivity index (χ3v) is 2.15. The largest absolute Gasteiger partial charge is 0.494 e. The van der Waals surface area contributed by atoms with Gasteiger partial charge in [0.2, 0.25) is 0 Å². The molecule has 1 N–H and O–H groups in total. The molecule has 1 rings (SSSR count). The van der Waals surface area contributed by atoms with Gasteiger partial charge in [0.15, 0.2) is 0 Å². The minimum atomic E-state index is 0.362. The van der Waals surface area contributed by atoms with E-state index >= 15 is 0 Å². The average Bonchev–Trinajstić information content (AvgIpc) is 2.47. The minimum Gasteiger partial charge on any atom is -0.494 e. The van der Waals surface area contributed by atoms with Crippen LogP contribution in [-0.4, -0.2) is 24.6 Å². The van der Waals surface area contributed by atoms with Gasteiger partial charge in [0.25, 0.3) is 0 Å². The van der Waals surface area contributed by atoms with E-state index in [-0.39, 0.29) is 0 Å². The van der Waals surface area contributed by atoms with E-state index in [0.717, 1.165) is 11.3 Å². The second kappa shape index (κ2) is 10.1. The molecule has 0 saturated heterocycles. The molecule has 0 unspecified atom stereocenters. The summed E-state index contributed by atoms with van der Waals surface area (Å²) < 4.78 is 5.34. The van der Waals surface area contributed by atoms with Gasteiger partial charge in [0, 0.05) is 5.56 Å². The molecule has 0 heterocycles. The second-order valence-electron chi connectivity index (χ2n) is 3.43. The van der Waals surface area contributed by atoms with Crippen LogP contribution in [-0.2, 0) is 4.84 Å². The molecule has 0 aliphatic rings. The van der Waals surface area contributed by atoms with Gasteiger partial charge in [-0.2, -0.15) is 0 Å². The normalized spacial score (nSPS) is 10.3. The van der Waals surface area contributed by atoms with Gasteiger partial charge in [-0.15, -0.1) is 0 Å². The summed E-state index contributed by atoms with van der Waals surface area (Å²) in [5.41, 5.74) is 1.73. The molecule has 0 aliphatic carbocycles. The third kappa shape index (κ3) is 6.04. The summed E-state index contributed by atoms with van der Waals surface area (Å²) in [6.45, 7) is 10.7. The Bertz CT molecular complexity index is 397. The second-order valence-corrected chi connectivity index (χ2v) is 3.43. The Kier molecular flexibility index (Phi) is 9.14. The summed E-state index contributed by atoms with van der Waals surface area (Å²) >= 11 is 0. The van der Waals surface area contributed by atoms with Crippen LogP contribution in [0.5, 0.6) is 5.75 Å². The van der Waals surface area contributed by atoms with E-state index in [1.54, 1.807) is 6.92 Å². The van der Waals surface area contributed by atoms with Crippen LogP contribution in [0.1, 0.15) is 40.2 Å². The molecule has 0 atom stereocenters. The number of benzene rings is 1. The Hall–Kier alpha value is -1.84. The van der Waals surface area contributed by atoms with Gasteiger partial charge in [-0.3, -0.25) is 5.41 Å². The maximum Gasteiger partial charge on any atom is 0.119 e. The Morgan fingerprint density at radius 2 is 1.68 bits per heavy atom. The standard InChI is InChI=1S/C13H18N2O2.C2H6/c1-4-16-12-8-6-11(7-9-12)13(14)10(3)15-17-5-2;1-2/h6-9,14H,4-5H2,1-3H3;1-2H3/b14-13?,15-10+;. The van der Waals surface area contributed by atoms with Crippen LogP contribution in [0.4, 0.5) is 0 Å². The zero-order valence-electron chi connectivity index (χ0n) is 12.5. The van der Waals surface area contributed by atoms with Crippen molar-refractivity contribution in [2.45, 2.75) is 34.6 Å². The third-order valence-electron chi connectivity index (χ3n) is 2.15. The zero-order chi connectivity index (χ0) is 14.7. The quantitative estimate of drug-likeness (QED) is 0.626. The van der Waals surface area contributed by atoms with Crippen molar-refractivity contribution in [1.29, 1.82) is 5.41 Å². The smallest absolute Gasteiger partial charge is 0.119 e. The molecule has 0 saturated carbocycles. The fourth-order valence-corrected chi connectivity index (χ4v) is 1.30. The molecule has 0 aromatic heterocycles. The first kappa shape index (κ1) is 17.2. The zero-order valence-corrected chi connectivity index (χ0v) is 12.5. The molecule has 19 heavy (non-hydrogen) atoms. The number of nitrogens with one attached hydrogen (secondary N) is 1. The predicted octanol–water partition coefficient (Wildman–Crippen LogP) is 3.89. The summed E-state index contributed by atoms with van der Waals surface area (Å²) in [5.74, 6) is 0.809. The Morgan fingerprint density at radius 1 is 1.11 bits per heavy atom. The van der Waals surface area contributed by atoms with Crippen molar-refractivity contribution in [2.75, 3.05) is 13.2 Å². The number of nitrogens with zero attached hydrogens (tertiary/aromatic N) is 1. The first-order valence-corrected chi connectivity index (χ1v) is 6.67. The van der Waals surface area contributed by atoms with Crippen molar-refractivity contribution in [1.82, 2.24) is 0 Å². The highest BCUT2D eigenvalue weighted by atomic mass is 16.6. The molecule has 4 heteroatoms.